The predicted molar refractivity (Wildman–Crippen MR) is 119 cm³/mol. The van der Waals surface area contributed by atoms with Gasteiger partial charge in [0.15, 0.2) is 0 Å². The third-order valence-corrected chi connectivity index (χ3v) is 4.20. The third kappa shape index (κ3) is 8.34. The Hall–Kier alpha value is -3.79. The average molecular weight is 480 g/mol. The van der Waals surface area contributed by atoms with Crippen molar-refractivity contribution in [3.8, 4) is 11.5 Å². The zero-order chi connectivity index (χ0) is 22.8. The number of rotatable bonds is 4. The van der Waals surface area contributed by atoms with Crippen LogP contribution in [0.2, 0.25) is 0 Å². The van der Waals surface area contributed by atoms with Gasteiger partial charge in [0.05, 0.1) is 11.4 Å². The molecule has 164 valence electrons. The first-order valence-corrected chi connectivity index (χ1v) is 9.62. The molecule has 0 heterocycles. The molecular formula is C26H18CrF2N2O2. The van der Waals surface area contributed by atoms with Crippen molar-refractivity contribution >= 4 is 23.8 Å². The van der Waals surface area contributed by atoms with Gasteiger partial charge in [-0.25, -0.2) is 8.78 Å². The molecule has 4 rings (SSSR count). The molecule has 0 amide bonds. The van der Waals surface area contributed by atoms with E-state index in [9.17, 15) is 19.0 Å². The minimum absolute atomic E-state index is 0. The SMILES string of the molecule is [Cr+2].[O-]c1ccccc1C=Nc1ccc(F)cc1.[O-]c1ccccc1C=Nc1ccc(F)cc1. The van der Waals surface area contributed by atoms with Crippen LogP contribution in [0.4, 0.5) is 20.2 Å². The first-order chi connectivity index (χ1) is 15.5. The maximum atomic E-state index is 12.6. The van der Waals surface area contributed by atoms with E-state index < -0.39 is 0 Å². The molecule has 0 unspecified atom stereocenters. The molecule has 0 aromatic heterocycles. The second kappa shape index (κ2) is 12.9. The van der Waals surface area contributed by atoms with Crippen LogP contribution >= 0.6 is 0 Å². The Bertz CT molecular complexity index is 1110. The molecule has 0 saturated carbocycles. The number of halogens is 2. The fourth-order valence-corrected chi connectivity index (χ4v) is 2.52. The molecule has 0 N–H and O–H groups in total. The number of benzene rings is 4. The molecule has 0 fully saturated rings. The zero-order valence-corrected chi connectivity index (χ0v) is 18.5. The van der Waals surface area contributed by atoms with E-state index in [2.05, 4.69) is 9.98 Å². The third-order valence-electron chi connectivity index (χ3n) is 4.20. The van der Waals surface area contributed by atoms with E-state index in [1.807, 2.05) is 0 Å². The summed E-state index contributed by atoms with van der Waals surface area (Å²) >= 11 is 0. The van der Waals surface area contributed by atoms with Crippen molar-refractivity contribution in [1.82, 2.24) is 0 Å². The van der Waals surface area contributed by atoms with Crippen molar-refractivity contribution in [1.29, 1.82) is 0 Å². The van der Waals surface area contributed by atoms with Gasteiger partial charge in [0.2, 0.25) is 0 Å². The molecule has 0 radical (unpaired) electrons. The van der Waals surface area contributed by atoms with Crippen molar-refractivity contribution in [2.45, 2.75) is 0 Å². The molecule has 0 aliphatic heterocycles. The normalized spacial score (nSPS) is 10.5. The van der Waals surface area contributed by atoms with Crippen LogP contribution in [0.5, 0.6) is 11.5 Å². The number of nitrogens with zero attached hydrogens (tertiary/aromatic N) is 2. The summed E-state index contributed by atoms with van der Waals surface area (Å²) in [7, 11) is 0. The largest absolute Gasteiger partial charge is 2.00 e. The second-order valence-electron chi connectivity index (χ2n) is 6.54. The smallest absolute Gasteiger partial charge is 0.872 e. The van der Waals surface area contributed by atoms with Crippen molar-refractivity contribution in [2.24, 2.45) is 9.98 Å². The van der Waals surface area contributed by atoms with Gasteiger partial charge >= 0.3 is 17.4 Å². The number of hydrogen-bond donors (Lipinski definition) is 0. The fraction of sp³-hybridized carbons (Fsp3) is 0. The minimum atomic E-state index is -0.303. The second-order valence-corrected chi connectivity index (χ2v) is 6.54. The van der Waals surface area contributed by atoms with Gasteiger partial charge in [-0.2, -0.15) is 0 Å². The molecule has 33 heavy (non-hydrogen) atoms. The molecule has 4 aromatic rings. The molecule has 0 spiro atoms. The Kier molecular flexibility index (Phi) is 9.97. The summed E-state index contributed by atoms with van der Waals surface area (Å²) in [5.41, 5.74) is 2.27. The fourth-order valence-electron chi connectivity index (χ4n) is 2.52. The van der Waals surface area contributed by atoms with Gasteiger partial charge in [-0.05, 0) is 59.7 Å². The van der Waals surface area contributed by atoms with Crippen LogP contribution in [-0.4, -0.2) is 12.4 Å². The van der Waals surface area contributed by atoms with Gasteiger partial charge in [-0.1, -0.05) is 48.5 Å². The summed E-state index contributed by atoms with van der Waals surface area (Å²) in [4.78, 5) is 8.17. The summed E-state index contributed by atoms with van der Waals surface area (Å²) in [6, 6.07) is 24.8. The van der Waals surface area contributed by atoms with Crippen molar-refractivity contribution in [3.63, 3.8) is 0 Å². The summed E-state index contributed by atoms with van der Waals surface area (Å²) in [5.74, 6) is -0.756. The minimum Gasteiger partial charge on any atom is -0.872 e. The number of para-hydroxylation sites is 2. The molecule has 0 atom stereocenters. The predicted octanol–water partition coefficient (Wildman–Crippen LogP) is 5.30. The summed E-state index contributed by atoms with van der Waals surface area (Å²) in [6.45, 7) is 0. The molecule has 0 aliphatic carbocycles. The molecule has 0 bridgehead atoms. The first-order valence-electron chi connectivity index (χ1n) is 9.62. The Labute approximate surface area is 201 Å². The van der Waals surface area contributed by atoms with Gasteiger partial charge in [0, 0.05) is 12.4 Å². The molecule has 4 aromatic carbocycles. The van der Waals surface area contributed by atoms with Crippen molar-refractivity contribution < 1.29 is 36.4 Å². The number of aliphatic imine (C=N–C) groups is 2. The van der Waals surface area contributed by atoms with Crippen molar-refractivity contribution in [2.75, 3.05) is 0 Å². The van der Waals surface area contributed by atoms with Gasteiger partial charge in [-0.3, -0.25) is 9.98 Å². The van der Waals surface area contributed by atoms with Gasteiger partial charge < -0.3 is 10.2 Å². The van der Waals surface area contributed by atoms with Crippen molar-refractivity contribution in [3.05, 3.63) is 120 Å². The first kappa shape index (κ1) is 25.5. The van der Waals surface area contributed by atoms with E-state index in [1.54, 1.807) is 60.7 Å². The molecule has 4 nitrogen and oxygen atoms in total. The van der Waals surface area contributed by atoms with E-state index in [1.165, 1.54) is 48.8 Å². The van der Waals surface area contributed by atoms with E-state index >= 15 is 0 Å². The summed E-state index contributed by atoms with van der Waals surface area (Å²) in [6.07, 6.45) is 2.96. The van der Waals surface area contributed by atoms with Crippen LogP contribution in [0.25, 0.3) is 0 Å². The Morgan fingerprint density at radius 3 is 1.18 bits per heavy atom. The van der Waals surface area contributed by atoms with Gasteiger partial charge in [0.25, 0.3) is 0 Å². The average Bonchev–Trinajstić information content (AvgIpc) is 2.81. The monoisotopic (exact) mass is 480 g/mol. The van der Waals surface area contributed by atoms with Crippen LogP contribution < -0.4 is 10.2 Å². The molecule has 0 aliphatic rings. The Balaban J connectivity index is 0.000000227. The van der Waals surface area contributed by atoms with E-state index in [0.29, 0.717) is 22.5 Å². The Morgan fingerprint density at radius 2 is 0.848 bits per heavy atom. The van der Waals surface area contributed by atoms with Gasteiger partial charge in [-0.15, -0.1) is 11.5 Å². The van der Waals surface area contributed by atoms with E-state index in [0.717, 1.165) is 0 Å². The van der Waals surface area contributed by atoms with E-state index in [4.69, 9.17) is 0 Å². The van der Waals surface area contributed by atoms with Crippen LogP contribution in [0.3, 0.4) is 0 Å². The molecule has 7 heteroatoms. The van der Waals surface area contributed by atoms with Crippen LogP contribution in [0, 0.1) is 11.6 Å². The zero-order valence-electron chi connectivity index (χ0n) is 17.3. The molecular weight excluding hydrogens is 462 g/mol. The van der Waals surface area contributed by atoms with Crippen LogP contribution in [-0.2, 0) is 17.4 Å². The quantitative estimate of drug-likeness (QED) is 0.372. The maximum Gasteiger partial charge on any atom is 2.00 e. The Morgan fingerprint density at radius 1 is 0.515 bits per heavy atom. The summed E-state index contributed by atoms with van der Waals surface area (Å²) < 4.78 is 25.2. The van der Waals surface area contributed by atoms with Crippen LogP contribution in [0.1, 0.15) is 11.1 Å². The van der Waals surface area contributed by atoms with Gasteiger partial charge in [0.1, 0.15) is 11.6 Å². The summed E-state index contributed by atoms with van der Waals surface area (Å²) in [5, 5.41) is 22.7. The number of hydrogen-bond acceptors (Lipinski definition) is 4. The molecule has 0 saturated heterocycles. The standard InChI is InChI=1S/2C13H10FNO.Cr/c2*14-11-5-7-12(8-6-11)15-9-10-3-1-2-4-13(10)16;/h2*1-9,16H;/q;;+2/p-2. The maximum absolute atomic E-state index is 12.6. The van der Waals surface area contributed by atoms with E-state index in [-0.39, 0.29) is 40.5 Å². The topological polar surface area (TPSA) is 70.8 Å². The van der Waals surface area contributed by atoms with Crippen LogP contribution in [0.15, 0.2) is 107 Å².